The quantitative estimate of drug-likeness (QED) is 0.449. The summed E-state index contributed by atoms with van der Waals surface area (Å²) in [6.45, 7) is 5.46. The Morgan fingerprint density at radius 3 is 2.44 bits per heavy atom. The SMILES string of the molecule is CC(C)(C)OC(=O)/C=C/C[C@@]1(Cc2ccccc2)C(=O)Oc2ccccc21. The zero-order valence-corrected chi connectivity index (χ0v) is 15.9. The molecule has 0 bridgehead atoms. The minimum atomic E-state index is -0.851. The smallest absolute Gasteiger partial charge is 0.330 e. The van der Waals surface area contributed by atoms with Crippen LogP contribution >= 0.6 is 0 Å². The Kier molecular flexibility index (Phi) is 5.17. The minimum absolute atomic E-state index is 0.290. The van der Waals surface area contributed by atoms with E-state index >= 15 is 0 Å². The predicted octanol–water partition coefficient (Wildman–Crippen LogP) is 4.37. The number of fused-ring (bicyclic) bond motifs is 1. The van der Waals surface area contributed by atoms with Crippen molar-refractivity contribution in [2.75, 3.05) is 0 Å². The molecule has 0 N–H and O–H groups in total. The van der Waals surface area contributed by atoms with Gasteiger partial charge in [0.2, 0.25) is 0 Å². The third-order valence-corrected chi connectivity index (χ3v) is 4.47. The molecule has 1 atom stereocenters. The summed E-state index contributed by atoms with van der Waals surface area (Å²) in [5.74, 6) is -0.123. The normalized spacial score (nSPS) is 19.0. The Labute approximate surface area is 159 Å². The number of carbonyl (C=O) groups excluding carboxylic acids is 2. The van der Waals surface area contributed by atoms with E-state index in [1.165, 1.54) is 6.08 Å². The number of carbonyl (C=O) groups is 2. The lowest BCUT2D eigenvalue weighted by atomic mass is 9.74. The molecule has 1 aliphatic heterocycles. The Hall–Kier alpha value is -2.88. The van der Waals surface area contributed by atoms with Gasteiger partial charge < -0.3 is 9.47 Å². The maximum absolute atomic E-state index is 12.9. The number of esters is 2. The van der Waals surface area contributed by atoms with Gasteiger partial charge in [0, 0.05) is 11.6 Å². The van der Waals surface area contributed by atoms with Crippen molar-refractivity contribution in [3.05, 3.63) is 77.9 Å². The van der Waals surface area contributed by atoms with E-state index in [2.05, 4.69) is 0 Å². The lowest BCUT2D eigenvalue weighted by molar-refractivity contribution is -0.148. The van der Waals surface area contributed by atoms with Gasteiger partial charge in [-0.15, -0.1) is 0 Å². The van der Waals surface area contributed by atoms with Crippen molar-refractivity contribution in [3.8, 4) is 5.75 Å². The molecule has 140 valence electrons. The average Bonchev–Trinajstić information content (AvgIpc) is 2.86. The minimum Gasteiger partial charge on any atom is -0.457 e. The van der Waals surface area contributed by atoms with Crippen LogP contribution in [0, 0.1) is 0 Å². The van der Waals surface area contributed by atoms with Crippen LogP contribution < -0.4 is 4.74 Å². The zero-order valence-electron chi connectivity index (χ0n) is 15.9. The van der Waals surface area contributed by atoms with Crippen molar-refractivity contribution in [2.45, 2.75) is 44.6 Å². The summed E-state index contributed by atoms with van der Waals surface area (Å²) in [6.07, 6.45) is 3.96. The molecule has 3 rings (SSSR count). The summed E-state index contributed by atoms with van der Waals surface area (Å²) in [6, 6.07) is 17.3. The molecule has 27 heavy (non-hydrogen) atoms. The van der Waals surface area contributed by atoms with E-state index in [4.69, 9.17) is 9.47 Å². The van der Waals surface area contributed by atoms with Crippen LogP contribution in [-0.4, -0.2) is 17.5 Å². The van der Waals surface area contributed by atoms with E-state index in [-0.39, 0.29) is 5.97 Å². The van der Waals surface area contributed by atoms with Gasteiger partial charge in [-0.2, -0.15) is 0 Å². The van der Waals surface area contributed by atoms with Gasteiger partial charge in [0.15, 0.2) is 0 Å². The summed E-state index contributed by atoms with van der Waals surface area (Å²) < 4.78 is 10.9. The van der Waals surface area contributed by atoms with Gasteiger partial charge in [-0.3, -0.25) is 4.79 Å². The molecule has 0 aromatic heterocycles. The van der Waals surface area contributed by atoms with Crippen molar-refractivity contribution in [2.24, 2.45) is 0 Å². The topological polar surface area (TPSA) is 52.6 Å². The van der Waals surface area contributed by atoms with Crippen LogP contribution in [0.15, 0.2) is 66.7 Å². The van der Waals surface area contributed by atoms with Crippen molar-refractivity contribution in [3.63, 3.8) is 0 Å². The van der Waals surface area contributed by atoms with Gasteiger partial charge in [0.05, 0.1) is 0 Å². The molecular weight excluding hydrogens is 340 g/mol. The summed E-state index contributed by atoms with van der Waals surface area (Å²) >= 11 is 0. The van der Waals surface area contributed by atoms with Gasteiger partial charge in [-0.25, -0.2) is 4.79 Å². The van der Waals surface area contributed by atoms with Crippen molar-refractivity contribution in [1.82, 2.24) is 0 Å². The van der Waals surface area contributed by atoms with Crippen molar-refractivity contribution >= 4 is 11.9 Å². The highest BCUT2D eigenvalue weighted by Gasteiger charge is 2.48. The summed E-state index contributed by atoms with van der Waals surface area (Å²) in [5.41, 5.74) is 0.489. The zero-order chi connectivity index (χ0) is 19.5. The van der Waals surface area contributed by atoms with Crippen molar-refractivity contribution < 1.29 is 19.1 Å². The molecule has 4 heteroatoms. The second-order valence-corrected chi connectivity index (χ2v) is 7.77. The van der Waals surface area contributed by atoms with Gasteiger partial charge >= 0.3 is 11.9 Å². The number of rotatable bonds is 5. The second kappa shape index (κ2) is 7.39. The maximum Gasteiger partial charge on any atom is 0.330 e. The van der Waals surface area contributed by atoms with E-state index in [1.807, 2.05) is 69.3 Å². The van der Waals surface area contributed by atoms with Crippen molar-refractivity contribution in [1.29, 1.82) is 0 Å². The van der Waals surface area contributed by atoms with Crippen LogP contribution in [0.2, 0.25) is 0 Å². The number of hydrogen-bond acceptors (Lipinski definition) is 4. The molecule has 0 fully saturated rings. The first-order valence-electron chi connectivity index (χ1n) is 9.05. The molecule has 1 heterocycles. The van der Waals surface area contributed by atoms with Gasteiger partial charge in [-0.1, -0.05) is 54.6 Å². The Balaban J connectivity index is 1.90. The van der Waals surface area contributed by atoms with E-state index in [0.29, 0.717) is 18.6 Å². The van der Waals surface area contributed by atoms with Crippen LogP contribution in [0.3, 0.4) is 0 Å². The molecule has 2 aromatic carbocycles. The number of benzene rings is 2. The molecule has 0 amide bonds. The molecule has 0 aliphatic carbocycles. The molecule has 0 saturated heterocycles. The molecule has 0 radical (unpaired) electrons. The van der Waals surface area contributed by atoms with Gasteiger partial charge in [-0.05, 0) is 45.2 Å². The van der Waals surface area contributed by atoms with Crippen LogP contribution in [0.1, 0.15) is 38.3 Å². The van der Waals surface area contributed by atoms with E-state index in [1.54, 1.807) is 12.1 Å². The molecule has 1 aliphatic rings. The first kappa shape index (κ1) is 18.9. The molecule has 4 nitrogen and oxygen atoms in total. The summed E-state index contributed by atoms with van der Waals surface area (Å²) in [7, 11) is 0. The van der Waals surface area contributed by atoms with E-state index < -0.39 is 17.0 Å². The first-order valence-corrected chi connectivity index (χ1v) is 9.05. The Morgan fingerprint density at radius 2 is 1.74 bits per heavy atom. The highest BCUT2D eigenvalue weighted by molar-refractivity contribution is 5.91. The van der Waals surface area contributed by atoms with E-state index in [0.717, 1.165) is 11.1 Å². The van der Waals surface area contributed by atoms with Crippen LogP contribution in [-0.2, 0) is 26.2 Å². The third-order valence-electron chi connectivity index (χ3n) is 4.47. The summed E-state index contributed by atoms with van der Waals surface area (Å²) in [5, 5.41) is 0. The molecule has 0 unspecified atom stereocenters. The molecular formula is C23H24O4. The maximum atomic E-state index is 12.9. The summed E-state index contributed by atoms with van der Waals surface area (Å²) in [4.78, 5) is 24.9. The van der Waals surface area contributed by atoms with Crippen LogP contribution in [0.25, 0.3) is 0 Å². The van der Waals surface area contributed by atoms with E-state index in [9.17, 15) is 9.59 Å². The predicted molar refractivity (Wildman–Crippen MR) is 104 cm³/mol. The van der Waals surface area contributed by atoms with Gasteiger partial charge in [0.25, 0.3) is 0 Å². The Morgan fingerprint density at radius 1 is 1.07 bits per heavy atom. The monoisotopic (exact) mass is 364 g/mol. The molecule has 0 saturated carbocycles. The average molecular weight is 364 g/mol. The lowest BCUT2D eigenvalue weighted by Gasteiger charge is -2.25. The number of para-hydroxylation sites is 1. The fraction of sp³-hybridized carbons (Fsp3) is 0.304. The standard InChI is InChI=1S/C23H24O4/c1-22(2,3)27-20(24)14-9-15-23(16-17-10-5-4-6-11-17)18-12-7-8-13-19(18)26-21(23)25/h4-14H,15-16H2,1-3H3/b14-9+/t23-/m0/s1. The second-order valence-electron chi connectivity index (χ2n) is 7.77. The van der Waals surface area contributed by atoms with Crippen LogP contribution in [0.4, 0.5) is 0 Å². The Bertz CT molecular complexity index is 861. The number of allylic oxidation sites excluding steroid dienone is 1. The highest BCUT2D eigenvalue weighted by Crippen LogP contribution is 2.44. The fourth-order valence-corrected chi connectivity index (χ4v) is 3.33. The highest BCUT2D eigenvalue weighted by atomic mass is 16.6. The lowest BCUT2D eigenvalue weighted by Crippen LogP contribution is -2.35. The fourth-order valence-electron chi connectivity index (χ4n) is 3.33. The molecule has 2 aromatic rings. The largest absolute Gasteiger partial charge is 0.457 e. The third kappa shape index (κ3) is 4.27. The number of ether oxygens (including phenoxy) is 2. The van der Waals surface area contributed by atoms with Crippen LogP contribution in [0.5, 0.6) is 5.75 Å². The molecule has 0 spiro atoms. The number of hydrogen-bond donors (Lipinski definition) is 0. The first-order chi connectivity index (χ1) is 12.8. The van der Waals surface area contributed by atoms with Gasteiger partial charge in [0.1, 0.15) is 16.8 Å².